The number of carbonyl (C=O) groups excluding carboxylic acids is 1. The van der Waals surface area contributed by atoms with Gasteiger partial charge in [0.2, 0.25) is 0 Å². The molecule has 2 aromatic rings. The number of aromatic nitrogens is 1. The highest BCUT2D eigenvalue weighted by atomic mass is 16.5. The lowest BCUT2D eigenvalue weighted by molar-refractivity contribution is -0.147. The number of ether oxygens (including phenoxy) is 1. The Hall–Kier alpha value is -1.85. The molecule has 1 aromatic carbocycles. The van der Waals surface area contributed by atoms with E-state index in [9.17, 15) is 4.79 Å². The molecule has 3 N–H and O–H groups in total. The summed E-state index contributed by atoms with van der Waals surface area (Å²) in [5.41, 5.74) is 8.15. The lowest BCUT2D eigenvalue weighted by Crippen LogP contribution is -2.37. The van der Waals surface area contributed by atoms with E-state index in [0.29, 0.717) is 6.04 Å². The Labute approximate surface area is 143 Å². The molecule has 130 valence electrons. The van der Waals surface area contributed by atoms with Crippen molar-refractivity contribution in [2.75, 3.05) is 13.1 Å². The normalized spacial score (nSPS) is 17.3. The Bertz CT molecular complexity index is 702. The van der Waals surface area contributed by atoms with E-state index in [-0.39, 0.29) is 18.5 Å². The fraction of sp³-hybridized carbons (Fsp3) is 0.526. The number of rotatable bonds is 5. The van der Waals surface area contributed by atoms with Gasteiger partial charge in [-0.15, -0.1) is 0 Å². The highest BCUT2D eigenvalue weighted by molar-refractivity contribution is 5.81. The number of hydrogen-bond donors (Lipinski definition) is 2. The lowest BCUT2D eigenvalue weighted by atomic mass is 10.1. The molecule has 2 heterocycles. The number of carbonyl (C=O) groups is 1. The minimum Gasteiger partial charge on any atom is -0.458 e. The summed E-state index contributed by atoms with van der Waals surface area (Å²) in [6.07, 6.45) is 2.18. The minimum atomic E-state index is -0.568. The number of nitrogens with two attached hydrogens (primary N) is 1. The molecule has 0 spiro atoms. The minimum absolute atomic E-state index is 0.0766. The van der Waals surface area contributed by atoms with Crippen LogP contribution in [-0.4, -0.2) is 29.7 Å². The molecule has 1 aliphatic rings. The Morgan fingerprint density at radius 1 is 1.33 bits per heavy atom. The first-order valence-electron chi connectivity index (χ1n) is 8.79. The van der Waals surface area contributed by atoms with Crippen LogP contribution in [0.25, 0.3) is 10.9 Å². The number of hydrogen-bond acceptors (Lipinski definition) is 4. The van der Waals surface area contributed by atoms with Crippen molar-refractivity contribution in [2.45, 2.75) is 45.4 Å². The summed E-state index contributed by atoms with van der Waals surface area (Å²) in [5.74, 6) is -0.250. The number of esters is 1. The molecule has 1 atom stereocenters. The van der Waals surface area contributed by atoms with Crippen molar-refractivity contribution in [2.24, 2.45) is 11.7 Å². The van der Waals surface area contributed by atoms with E-state index in [1.165, 1.54) is 10.9 Å². The van der Waals surface area contributed by atoms with E-state index in [0.717, 1.165) is 31.6 Å². The van der Waals surface area contributed by atoms with Crippen LogP contribution in [0.5, 0.6) is 0 Å². The molecule has 0 saturated carbocycles. The van der Waals surface area contributed by atoms with Crippen LogP contribution >= 0.6 is 0 Å². The smallest absolute Gasteiger partial charge is 0.323 e. The second kappa shape index (κ2) is 7.36. The van der Waals surface area contributed by atoms with E-state index in [4.69, 9.17) is 10.5 Å². The molecule has 1 fully saturated rings. The summed E-state index contributed by atoms with van der Waals surface area (Å²) >= 11 is 0. The third-order valence-corrected chi connectivity index (χ3v) is 4.85. The number of para-hydroxylation sites is 1. The van der Waals surface area contributed by atoms with Gasteiger partial charge in [0, 0.05) is 11.6 Å². The van der Waals surface area contributed by atoms with Crippen molar-refractivity contribution in [1.82, 2.24) is 9.88 Å². The number of benzene rings is 1. The van der Waals surface area contributed by atoms with E-state index in [1.807, 2.05) is 19.9 Å². The average Bonchev–Trinajstić information content (AvgIpc) is 2.98. The summed E-state index contributed by atoms with van der Waals surface area (Å²) in [4.78, 5) is 12.1. The average molecular weight is 329 g/mol. The topological polar surface area (TPSA) is 69.3 Å². The van der Waals surface area contributed by atoms with Gasteiger partial charge in [0.15, 0.2) is 0 Å². The van der Waals surface area contributed by atoms with Gasteiger partial charge in [0.1, 0.15) is 12.6 Å². The highest BCUT2D eigenvalue weighted by Crippen LogP contribution is 2.29. The van der Waals surface area contributed by atoms with Crippen LogP contribution in [0.1, 0.15) is 38.4 Å². The molecule has 24 heavy (non-hydrogen) atoms. The zero-order valence-corrected chi connectivity index (χ0v) is 14.5. The Kier molecular flexibility index (Phi) is 5.21. The van der Waals surface area contributed by atoms with Gasteiger partial charge in [-0.05, 0) is 49.4 Å². The van der Waals surface area contributed by atoms with E-state index in [1.54, 1.807) is 0 Å². The molecule has 0 radical (unpaired) electrons. The molecule has 0 amide bonds. The first-order chi connectivity index (χ1) is 11.6. The van der Waals surface area contributed by atoms with Crippen LogP contribution in [0.4, 0.5) is 0 Å². The molecule has 1 unspecified atom stereocenters. The first-order valence-corrected chi connectivity index (χ1v) is 8.79. The fourth-order valence-corrected chi connectivity index (χ4v) is 3.35. The highest BCUT2D eigenvalue weighted by Gasteiger charge is 2.22. The summed E-state index contributed by atoms with van der Waals surface area (Å²) in [6.45, 7) is 6.18. The Morgan fingerprint density at radius 3 is 2.75 bits per heavy atom. The van der Waals surface area contributed by atoms with Crippen LogP contribution in [0.3, 0.4) is 0 Å². The van der Waals surface area contributed by atoms with Crippen LogP contribution in [0.15, 0.2) is 30.3 Å². The van der Waals surface area contributed by atoms with Crippen molar-refractivity contribution in [3.05, 3.63) is 36.0 Å². The maximum Gasteiger partial charge on any atom is 0.323 e. The monoisotopic (exact) mass is 329 g/mol. The number of piperidine rings is 1. The van der Waals surface area contributed by atoms with Gasteiger partial charge in [-0.1, -0.05) is 32.0 Å². The predicted octanol–water partition coefficient (Wildman–Crippen LogP) is 2.59. The molecular formula is C19H27N3O2. The van der Waals surface area contributed by atoms with Gasteiger partial charge in [-0.3, -0.25) is 4.79 Å². The van der Waals surface area contributed by atoms with Crippen molar-refractivity contribution in [1.29, 1.82) is 0 Å². The van der Waals surface area contributed by atoms with E-state index < -0.39 is 6.04 Å². The van der Waals surface area contributed by atoms with Crippen LogP contribution in [0, 0.1) is 5.92 Å². The Morgan fingerprint density at radius 2 is 2.04 bits per heavy atom. The molecule has 1 aliphatic heterocycles. The molecule has 0 aliphatic carbocycles. The predicted molar refractivity (Wildman–Crippen MR) is 95.7 cm³/mol. The molecular weight excluding hydrogens is 302 g/mol. The third kappa shape index (κ3) is 3.47. The van der Waals surface area contributed by atoms with Crippen molar-refractivity contribution in [3.63, 3.8) is 0 Å². The zero-order chi connectivity index (χ0) is 17.1. The largest absolute Gasteiger partial charge is 0.458 e. The molecule has 5 heteroatoms. The lowest BCUT2D eigenvalue weighted by Gasteiger charge is -2.27. The summed E-state index contributed by atoms with van der Waals surface area (Å²) < 4.78 is 7.86. The number of fused-ring (bicyclic) bond motifs is 1. The molecule has 1 saturated heterocycles. The van der Waals surface area contributed by atoms with Gasteiger partial charge < -0.3 is 20.4 Å². The Balaban J connectivity index is 1.85. The molecule has 0 bridgehead atoms. The third-order valence-electron chi connectivity index (χ3n) is 4.85. The second-order valence-electron chi connectivity index (χ2n) is 6.92. The summed E-state index contributed by atoms with van der Waals surface area (Å²) in [5, 5.41) is 4.60. The SMILES string of the molecule is CC(C)C(N)C(=O)OCc1cc2ccccc2n1C1CCNCC1. The van der Waals surface area contributed by atoms with Crippen LogP contribution < -0.4 is 11.1 Å². The quantitative estimate of drug-likeness (QED) is 0.827. The maximum absolute atomic E-state index is 12.1. The van der Waals surface area contributed by atoms with Gasteiger partial charge in [0.25, 0.3) is 0 Å². The van der Waals surface area contributed by atoms with E-state index in [2.05, 4.69) is 34.1 Å². The first kappa shape index (κ1) is 17.0. The molecule has 3 rings (SSSR count). The van der Waals surface area contributed by atoms with Crippen LogP contribution in [-0.2, 0) is 16.1 Å². The van der Waals surface area contributed by atoms with Gasteiger partial charge >= 0.3 is 5.97 Å². The van der Waals surface area contributed by atoms with Crippen molar-refractivity contribution < 1.29 is 9.53 Å². The summed E-state index contributed by atoms with van der Waals surface area (Å²) in [7, 11) is 0. The van der Waals surface area contributed by atoms with Crippen LogP contribution in [0.2, 0.25) is 0 Å². The second-order valence-corrected chi connectivity index (χ2v) is 6.92. The summed E-state index contributed by atoms with van der Waals surface area (Å²) in [6, 6.07) is 10.4. The van der Waals surface area contributed by atoms with Crippen molar-refractivity contribution >= 4 is 16.9 Å². The van der Waals surface area contributed by atoms with Gasteiger partial charge in [0.05, 0.1) is 5.69 Å². The number of nitrogens with one attached hydrogen (secondary N) is 1. The maximum atomic E-state index is 12.1. The van der Waals surface area contributed by atoms with Gasteiger partial charge in [-0.2, -0.15) is 0 Å². The standard InChI is InChI=1S/C19H27N3O2/c1-13(2)18(20)19(23)24-12-16-11-14-5-3-4-6-17(14)22(16)15-7-9-21-10-8-15/h3-6,11,13,15,18,21H,7-10,12,20H2,1-2H3. The van der Waals surface area contributed by atoms with Crippen molar-refractivity contribution in [3.8, 4) is 0 Å². The fourth-order valence-electron chi connectivity index (χ4n) is 3.35. The zero-order valence-electron chi connectivity index (χ0n) is 14.5. The molecule has 1 aromatic heterocycles. The van der Waals surface area contributed by atoms with Gasteiger partial charge in [-0.25, -0.2) is 0 Å². The number of nitrogens with zero attached hydrogens (tertiary/aromatic N) is 1. The van der Waals surface area contributed by atoms with E-state index >= 15 is 0 Å². The molecule has 5 nitrogen and oxygen atoms in total.